The number of carbonyl (C=O) groups is 1. The molecule has 0 radical (unpaired) electrons. The van der Waals surface area contributed by atoms with Gasteiger partial charge in [0.15, 0.2) is 0 Å². The van der Waals surface area contributed by atoms with Crippen molar-refractivity contribution in [3.63, 3.8) is 0 Å². The number of nitrogens with zero attached hydrogens (tertiary/aromatic N) is 1. The van der Waals surface area contributed by atoms with E-state index in [-0.39, 0.29) is 5.91 Å². The van der Waals surface area contributed by atoms with Crippen molar-refractivity contribution in [3.8, 4) is 0 Å². The zero-order valence-electron chi connectivity index (χ0n) is 9.35. The molecule has 16 heavy (non-hydrogen) atoms. The Bertz CT molecular complexity index is 355. The summed E-state index contributed by atoms with van der Waals surface area (Å²) in [6.07, 6.45) is 3.51. The zero-order chi connectivity index (χ0) is 11.4. The average Bonchev–Trinajstić information content (AvgIpc) is 2.66. The Morgan fingerprint density at radius 1 is 1.62 bits per heavy atom. The first kappa shape index (κ1) is 11.5. The number of aromatic nitrogens is 1. The van der Waals surface area contributed by atoms with Crippen LogP contribution < -0.4 is 5.32 Å². The Hall–Kier alpha value is -1.03. The Morgan fingerprint density at radius 2 is 2.50 bits per heavy atom. The van der Waals surface area contributed by atoms with E-state index in [0.29, 0.717) is 23.4 Å². The second kappa shape index (κ2) is 5.34. The molecular formula is C12H16N2OS. The lowest BCUT2D eigenvalue weighted by Crippen LogP contribution is -2.20. The van der Waals surface area contributed by atoms with E-state index in [9.17, 15) is 4.79 Å². The van der Waals surface area contributed by atoms with Gasteiger partial charge in [0, 0.05) is 17.9 Å². The standard InChI is InChI=1S/C12H16N2OS/c1-9-5-7-16-10(9)8-12(15)14-11-4-2-3-6-13-11/h2-4,6,9-10H,5,7-8H2,1H3,(H,13,14,15). The first-order valence-corrected chi connectivity index (χ1v) is 6.63. The number of thioether (sulfide) groups is 1. The van der Waals surface area contributed by atoms with Crippen LogP contribution in [0.3, 0.4) is 0 Å². The number of hydrogen-bond acceptors (Lipinski definition) is 3. The highest BCUT2D eigenvalue weighted by Gasteiger charge is 2.26. The monoisotopic (exact) mass is 236 g/mol. The Morgan fingerprint density at radius 3 is 3.12 bits per heavy atom. The number of rotatable bonds is 3. The maximum atomic E-state index is 11.7. The van der Waals surface area contributed by atoms with Crippen LogP contribution in [0, 0.1) is 5.92 Å². The van der Waals surface area contributed by atoms with Crippen molar-refractivity contribution in [2.75, 3.05) is 11.1 Å². The van der Waals surface area contributed by atoms with Gasteiger partial charge in [-0.3, -0.25) is 4.79 Å². The predicted octanol–water partition coefficient (Wildman–Crippen LogP) is 2.55. The lowest BCUT2D eigenvalue weighted by atomic mass is 10.0. The molecule has 2 unspecified atom stereocenters. The quantitative estimate of drug-likeness (QED) is 0.877. The van der Waals surface area contributed by atoms with Crippen molar-refractivity contribution in [1.29, 1.82) is 0 Å². The largest absolute Gasteiger partial charge is 0.311 e. The van der Waals surface area contributed by atoms with Gasteiger partial charge >= 0.3 is 0 Å². The van der Waals surface area contributed by atoms with Crippen molar-refractivity contribution < 1.29 is 4.79 Å². The van der Waals surface area contributed by atoms with Crippen LogP contribution in [0.15, 0.2) is 24.4 Å². The van der Waals surface area contributed by atoms with E-state index < -0.39 is 0 Å². The minimum absolute atomic E-state index is 0.0740. The zero-order valence-corrected chi connectivity index (χ0v) is 10.2. The predicted molar refractivity (Wildman–Crippen MR) is 67.5 cm³/mol. The smallest absolute Gasteiger partial charge is 0.226 e. The van der Waals surface area contributed by atoms with E-state index in [1.54, 1.807) is 6.20 Å². The number of carbonyl (C=O) groups excluding carboxylic acids is 1. The molecule has 1 aliphatic heterocycles. The van der Waals surface area contributed by atoms with E-state index in [2.05, 4.69) is 17.2 Å². The Kier molecular flexibility index (Phi) is 3.83. The minimum atomic E-state index is 0.0740. The van der Waals surface area contributed by atoms with Crippen LogP contribution in [0.5, 0.6) is 0 Å². The van der Waals surface area contributed by atoms with Crippen molar-refractivity contribution in [2.45, 2.75) is 25.0 Å². The van der Waals surface area contributed by atoms with Crippen molar-refractivity contribution in [1.82, 2.24) is 4.98 Å². The maximum Gasteiger partial charge on any atom is 0.226 e. The lowest BCUT2D eigenvalue weighted by molar-refractivity contribution is -0.116. The highest BCUT2D eigenvalue weighted by atomic mass is 32.2. The lowest BCUT2D eigenvalue weighted by Gasteiger charge is -2.13. The summed E-state index contributed by atoms with van der Waals surface area (Å²) in [7, 11) is 0. The summed E-state index contributed by atoms with van der Waals surface area (Å²) in [4.78, 5) is 15.8. The summed E-state index contributed by atoms with van der Waals surface area (Å²) >= 11 is 1.91. The molecule has 1 saturated heterocycles. The molecule has 0 spiro atoms. The fourth-order valence-electron chi connectivity index (χ4n) is 1.83. The molecule has 1 aromatic rings. The van der Waals surface area contributed by atoms with Crippen LogP contribution in [0.2, 0.25) is 0 Å². The molecule has 2 heterocycles. The van der Waals surface area contributed by atoms with Crippen LogP contribution in [0.1, 0.15) is 19.8 Å². The van der Waals surface area contributed by atoms with E-state index in [1.807, 2.05) is 30.0 Å². The normalized spacial score (nSPS) is 24.3. The third kappa shape index (κ3) is 2.98. The second-order valence-corrected chi connectivity index (χ2v) is 5.49. The molecule has 1 fully saturated rings. The number of anilines is 1. The van der Waals surface area contributed by atoms with Gasteiger partial charge in [-0.15, -0.1) is 0 Å². The van der Waals surface area contributed by atoms with Gasteiger partial charge < -0.3 is 5.32 Å². The summed E-state index contributed by atoms with van der Waals surface area (Å²) in [6, 6.07) is 5.52. The summed E-state index contributed by atoms with van der Waals surface area (Å²) in [6.45, 7) is 2.22. The van der Waals surface area contributed by atoms with Crippen molar-refractivity contribution in [3.05, 3.63) is 24.4 Å². The van der Waals surface area contributed by atoms with Crippen LogP contribution in [0.25, 0.3) is 0 Å². The van der Waals surface area contributed by atoms with Gasteiger partial charge in [0.2, 0.25) is 5.91 Å². The van der Waals surface area contributed by atoms with E-state index in [4.69, 9.17) is 0 Å². The fraction of sp³-hybridized carbons (Fsp3) is 0.500. The molecule has 0 bridgehead atoms. The first-order valence-electron chi connectivity index (χ1n) is 5.58. The Labute approximate surface area is 100 Å². The van der Waals surface area contributed by atoms with E-state index in [1.165, 1.54) is 12.2 Å². The van der Waals surface area contributed by atoms with Gasteiger partial charge in [0.05, 0.1) is 0 Å². The van der Waals surface area contributed by atoms with Crippen molar-refractivity contribution >= 4 is 23.5 Å². The molecule has 1 amide bonds. The van der Waals surface area contributed by atoms with Gasteiger partial charge in [-0.25, -0.2) is 4.98 Å². The molecule has 3 nitrogen and oxygen atoms in total. The van der Waals surface area contributed by atoms with Gasteiger partial charge in [0.25, 0.3) is 0 Å². The number of pyridine rings is 1. The molecular weight excluding hydrogens is 220 g/mol. The Balaban J connectivity index is 1.85. The van der Waals surface area contributed by atoms with Crippen molar-refractivity contribution in [2.24, 2.45) is 5.92 Å². The fourth-order valence-corrected chi connectivity index (χ4v) is 3.37. The summed E-state index contributed by atoms with van der Waals surface area (Å²) < 4.78 is 0. The van der Waals surface area contributed by atoms with E-state index >= 15 is 0 Å². The van der Waals surface area contributed by atoms with Crippen LogP contribution in [-0.2, 0) is 4.79 Å². The molecule has 0 saturated carbocycles. The van der Waals surface area contributed by atoms with E-state index in [0.717, 1.165) is 0 Å². The SMILES string of the molecule is CC1CCSC1CC(=O)Nc1ccccn1. The van der Waals surface area contributed by atoms with Gasteiger partial charge in [0.1, 0.15) is 5.82 Å². The average molecular weight is 236 g/mol. The molecule has 4 heteroatoms. The van der Waals surface area contributed by atoms with Gasteiger partial charge in [-0.2, -0.15) is 11.8 Å². The number of nitrogens with one attached hydrogen (secondary N) is 1. The van der Waals surface area contributed by atoms with Crippen LogP contribution >= 0.6 is 11.8 Å². The highest BCUT2D eigenvalue weighted by Crippen LogP contribution is 2.34. The number of hydrogen-bond donors (Lipinski definition) is 1. The molecule has 1 aromatic heterocycles. The molecule has 1 aliphatic rings. The topological polar surface area (TPSA) is 42.0 Å². The molecule has 0 aliphatic carbocycles. The third-order valence-electron chi connectivity index (χ3n) is 2.86. The molecule has 86 valence electrons. The third-order valence-corrected chi connectivity index (χ3v) is 4.39. The second-order valence-electron chi connectivity index (χ2n) is 4.14. The minimum Gasteiger partial charge on any atom is -0.311 e. The summed E-state index contributed by atoms with van der Waals surface area (Å²) in [5.74, 6) is 2.55. The summed E-state index contributed by atoms with van der Waals surface area (Å²) in [5, 5.41) is 3.30. The maximum absolute atomic E-state index is 11.7. The number of amides is 1. The molecule has 1 N–H and O–H groups in total. The van der Waals surface area contributed by atoms with Crippen LogP contribution in [0.4, 0.5) is 5.82 Å². The summed E-state index contributed by atoms with van der Waals surface area (Å²) in [5.41, 5.74) is 0. The molecule has 2 atom stereocenters. The van der Waals surface area contributed by atoms with Crippen LogP contribution in [-0.4, -0.2) is 21.9 Å². The molecule has 0 aromatic carbocycles. The molecule has 2 rings (SSSR count). The van der Waals surface area contributed by atoms with Gasteiger partial charge in [-0.1, -0.05) is 13.0 Å². The highest BCUT2D eigenvalue weighted by molar-refractivity contribution is 8.00. The van der Waals surface area contributed by atoms with Gasteiger partial charge in [-0.05, 0) is 30.2 Å². The first-order chi connectivity index (χ1) is 7.75.